The fourth-order valence-electron chi connectivity index (χ4n) is 3.50. The van der Waals surface area contributed by atoms with E-state index in [0.29, 0.717) is 5.56 Å². The van der Waals surface area contributed by atoms with E-state index in [0.717, 1.165) is 0 Å². The van der Waals surface area contributed by atoms with E-state index in [-0.39, 0.29) is 6.42 Å². The second-order valence-electron chi connectivity index (χ2n) is 7.08. The highest BCUT2D eigenvalue weighted by Gasteiger charge is 2.69. The molecular weight excluding hydrogens is 347 g/mol. The molecule has 3 rings (SSSR count). The Bertz CT molecular complexity index is 769. The molecule has 25 heavy (non-hydrogen) atoms. The van der Waals surface area contributed by atoms with E-state index >= 15 is 0 Å². The number of amides is 2. The van der Waals surface area contributed by atoms with Gasteiger partial charge in [0.2, 0.25) is 5.91 Å². The lowest BCUT2D eigenvalue weighted by molar-refractivity contribution is -0.167. The maximum Gasteiger partial charge on any atom is 0.327 e. The SMILES string of the molecule is CC1(C)S[C@H]2N(C(=O)C2(C)NC(=O)Cc2cccc(F)c2)[C@H]1C(=O)O. The van der Waals surface area contributed by atoms with E-state index in [1.54, 1.807) is 26.8 Å². The molecule has 1 aromatic rings. The van der Waals surface area contributed by atoms with Gasteiger partial charge in [0.1, 0.15) is 22.8 Å². The number of hydrogen-bond acceptors (Lipinski definition) is 4. The second kappa shape index (κ2) is 5.72. The number of hydrogen-bond donors (Lipinski definition) is 2. The van der Waals surface area contributed by atoms with Crippen molar-refractivity contribution in [2.45, 2.75) is 48.9 Å². The molecule has 2 saturated heterocycles. The maximum atomic E-state index is 13.2. The molecule has 2 heterocycles. The van der Waals surface area contributed by atoms with Gasteiger partial charge in [-0.1, -0.05) is 12.1 Å². The lowest BCUT2D eigenvalue weighted by Gasteiger charge is -2.51. The topological polar surface area (TPSA) is 86.7 Å². The number of rotatable bonds is 4. The smallest absolute Gasteiger partial charge is 0.327 e. The van der Waals surface area contributed by atoms with Gasteiger partial charge in [-0.2, -0.15) is 0 Å². The molecule has 1 unspecified atom stereocenters. The van der Waals surface area contributed by atoms with Gasteiger partial charge in [-0.05, 0) is 38.5 Å². The number of carbonyl (C=O) groups is 3. The number of nitrogens with one attached hydrogen (secondary N) is 1. The Labute approximate surface area is 148 Å². The molecule has 8 heteroatoms. The van der Waals surface area contributed by atoms with Crippen molar-refractivity contribution in [3.05, 3.63) is 35.6 Å². The van der Waals surface area contributed by atoms with Crippen LogP contribution in [-0.2, 0) is 20.8 Å². The van der Waals surface area contributed by atoms with Crippen molar-refractivity contribution in [3.63, 3.8) is 0 Å². The lowest BCUT2D eigenvalue weighted by atomic mass is 9.86. The summed E-state index contributed by atoms with van der Waals surface area (Å²) in [6.07, 6.45) is -0.0518. The third-order valence-electron chi connectivity index (χ3n) is 4.66. The Morgan fingerprint density at radius 1 is 1.36 bits per heavy atom. The first-order valence-corrected chi connectivity index (χ1v) is 8.73. The van der Waals surface area contributed by atoms with Crippen molar-refractivity contribution in [1.82, 2.24) is 10.2 Å². The van der Waals surface area contributed by atoms with Crippen LogP contribution in [0, 0.1) is 5.82 Å². The number of carboxylic acid groups (broad SMARTS) is 1. The number of nitrogens with zero attached hydrogens (tertiary/aromatic N) is 1. The summed E-state index contributed by atoms with van der Waals surface area (Å²) in [6, 6.07) is 4.78. The number of halogens is 1. The molecule has 0 radical (unpaired) electrons. The van der Waals surface area contributed by atoms with Gasteiger partial charge >= 0.3 is 5.97 Å². The third kappa shape index (κ3) is 2.78. The number of aliphatic carboxylic acids is 1. The average Bonchev–Trinajstić information content (AvgIpc) is 2.76. The van der Waals surface area contributed by atoms with E-state index in [1.807, 2.05) is 0 Å². The zero-order valence-electron chi connectivity index (χ0n) is 14.1. The van der Waals surface area contributed by atoms with Crippen LogP contribution in [0.5, 0.6) is 0 Å². The van der Waals surface area contributed by atoms with Gasteiger partial charge in [-0.3, -0.25) is 9.59 Å². The van der Waals surface area contributed by atoms with Crippen LogP contribution in [0.4, 0.5) is 4.39 Å². The van der Waals surface area contributed by atoms with Gasteiger partial charge in [-0.15, -0.1) is 11.8 Å². The Morgan fingerprint density at radius 2 is 2.04 bits per heavy atom. The van der Waals surface area contributed by atoms with Crippen LogP contribution in [-0.4, -0.2) is 49.5 Å². The number of carbonyl (C=O) groups excluding carboxylic acids is 2. The quantitative estimate of drug-likeness (QED) is 0.787. The van der Waals surface area contributed by atoms with Crippen LogP contribution in [0.25, 0.3) is 0 Å². The molecule has 3 atom stereocenters. The predicted molar refractivity (Wildman–Crippen MR) is 90.4 cm³/mol. The van der Waals surface area contributed by atoms with Gasteiger partial charge in [0, 0.05) is 4.75 Å². The largest absolute Gasteiger partial charge is 0.480 e. The van der Waals surface area contributed by atoms with Crippen LogP contribution in [0.3, 0.4) is 0 Å². The molecule has 2 aliphatic rings. The summed E-state index contributed by atoms with van der Waals surface area (Å²) < 4.78 is 12.6. The third-order valence-corrected chi connectivity index (χ3v) is 6.42. The van der Waals surface area contributed by atoms with Crippen LogP contribution >= 0.6 is 11.8 Å². The van der Waals surface area contributed by atoms with Gasteiger partial charge in [0.05, 0.1) is 6.42 Å². The summed E-state index contributed by atoms with van der Waals surface area (Å²) in [7, 11) is 0. The molecule has 2 aliphatic heterocycles. The van der Waals surface area contributed by atoms with E-state index in [9.17, 15) is 23.9 Å². The number of fused-ring (bicyclic) bond motifs is 1. The van der Waals surface area contributed by atoms with Crippen molar-refractivity contribution < 1.29 is 23.9 Å². The Balaban J connectivity index is 1.74. The zero-order valence-corrected chi connectivity index (χ0v) is 14.9. The molecular formula is C17H19FN2O4S. The van der Waals surface area contributed by atoms with Crippen LogP contribution in [0.1, 0.15) is 26.3 Å². The van der Waals surface area contributed by atoms with Gasteiger partial charge < -0.3 is 15.3 Å². The highest BCUT2D eigenvalue weighted by atomic mass is 32.2. The molecule has 2 N–H and O–H groups in total. The minimum Gasteiger partial charge on any atom is -0.480 e. The molecule has 134 valence electrons. The Hall–Kier alpha value is -2.09. The maximum absolute atomic E-state index is 13.2. The predicted octanol–water partition coefficient (Wildman–Crippen LogP) is 1.39. The normalized spacial score (nSPS) is 29.8. The van der Waals surface area contributed by atoms with Gasteiger partial charge in [0.15, 0.2) is 0 Å². The number of thioether (sulfide) groups is 1. The number of benzene rings is 1. The summed E-state index contributed by atoms with van der Waals surface area (Å²) in [5.74, 6) is -2.30. The zero-order chi connectivity index (χ0) is 18.6. The first-order chi connectivity index (χ1) is 11.6. The molecule has 6 nitrogen and oxygen atoms in total. The summed E-state index contributed by atoms with van der Waals surface area (Å²) in [5.41, 5.74) is -0.649. The molecule has 0 aliphatic carbocycles. The molecule has 0 bridgehead atoms. The van der Waals surface area contributed by atoms with Crippen molar-refractivity contribution in [1.29, 1.82) is 0 Å². The molecule has 2 amide bonds. The number of β-lactam (4-membered cyclic amide) rings is 1. The van der Waals surface area contributed by atoms with E-state index in [1.165, 1.54) is 34.9 Å². The van der Waals surface area contributed by atoms with E-state index in [2.05, 4.69) is 5.32 Å². The van der Waals surface area contributed by atoms with Crippen LogP contribution in [0.15, 0.2) is 24.3 Å². The summed E-state index contributed by atoms with van der Waals surface area (Å²) in [6.45, 7) is 5.15. The molecule has 1 aromatic carbocycles. The standard InChI is InChI=1S/C17H19FN2O4S/c1-16(2)12(13(22)23)20-14(24)17(3,15(20)25-16)19-11(21)8-9-5-4-6-10(18)7-9/h4-7,12,15H,8H2,1-3H3,(H,19,21)(H,22,23)/t12-,15+,17?/m0/s1. The highest BCUT2D eigenvalue weighted by molar-refractivity contribution is 8.01. The fraction of sp³-hybridized carbons (Fsp3) is 0.471. The minimum atomic E-state index is -1.16. The highest BCUT2D eigenvalue weighted by Crippen LogP contribution is 2.54. The van der Waals surface area contributed by atoms with Gasteiger partial charge in [0.25, 0.3) is 5.91 Å². The van der Waals surface area contributed by atoms with Crippen LogP contribution in [0.2, 0.25) is 0 Å². The van der Waals surface area contributed by atoms with E-state index in [4.69, 9.17) is 0 Å². The van der Waals surface area contributed by atoms with Crippen molar-refractivity contribution >= 4 is 29.5 Å². The Kier molecular flexibility index (Phi) is 4.06. The average molecular weight is 366 g/mol. The van der Waals surface area contributed by atoms with Crippen molar-refractivity contribution in [2.75, 3.05) is 0 Å². The molecule has 0 spiro atoms. The van der Waals surface area contributed by atoms with Crippen molar-refractivity contribution in [2.24, 2.45) is 0 Å². The molecule has 2 fully saturated rings. The van der Waals surface area contributed by atoms with Gasteiger partial charge in [-0.25, -0.2) is 9.18 Å². The summed E-state index contributed by atoms with van der Waals surface area (Å²) in [5, 5.41) is 11.7. The second-order valence-corrected chi connectivity index (χ2v) is 8.82. The van der Waals surface area contributed by atoms with E-state index < -0.39 is 45.3 Å². The molecule has 0 aromatic heterocycles. The summed E-state index contributed by atoms with van der Waals surface area (Å²) in [4.78, 5) is 37.8. The Morgan fingerprint density at radius 3 is 2.64 bits per heavy atom. The lowest BCUT2D eigenvalue weighted by Crippen LogP contribution is -2.78. The van der Waals surface area contributed by atoms with Crippen molar-refractivity contribution in [3.8, 4) is 0 Å². The molecule has 0 saturated carbocycles. The number of carboxylic acids is 1. The summed E-state index contributed by atoms with van der Waals surface area (Å²) >= 11 is 1.36. The first kappa shape index (κ1) is 17.7. The van der Waals surface area contributed by atoms with Crippen LogP contribution < -0.4 is 5.32 Å². The minimum absolute atomic E-state index is 0.0518. The monoisotopic (exact) mass is 366 g/mol. The first-order valence-electron chi connectivity index (χ1n) is 7.85. The fourth-order valence-corrected chi connectivity index (χ4v) is 5.15.